The lowest BCUT2D eigenvalue weighted by Crippen LogP contribution is -2.47. The van der Waals surface area contributed by atoms with Crippen LogP contribution in [0.15, 0.2) is 30.6 Å². The van der Waals surface area contributed by atoms with E-state index >= 15 is 0 Å². The summed E-state index contributed by atoms with van der Waals surface area (Å²) in [5.41, 5.74) is 1.34. The van der Waals surface area contributed by atoms with E-state index in [1.54, 1.807) is 6.20 Å². The first-order valence-corrected chi connectivity index (χ1v) is 6.68. The van der Waals surface area contributed by atoms with Crippen LogP contribution in [0.2, 0.25) is 0 Å². The van der Waals surface area contributed by atoms with E-state index in [2.05, 4.69) is 10.3 Å². The molecule has 0 bridgehead atoms. The maximum atomic E-state index is 12.5. The van der Waals surface area contributed by atoms with Gasteiger partial charge in [0.05, 0.1) is 0 Å². The van der Waals surface area contributed by atoms with Crippen LogP contribution in [0, 0.1) is 0 Å². The molecule has 1 saturated heterocycles. The Morgan fingerprint density at radius 2 is 2.37 bits per heavy atom. The van der Waals surface area contributed by atoms with Gasteiger partial charge in [0, 0.05) is 31.5 Å². The van der Waals surface area contributed by atoms with Crippen LogP contribution in [0.1, 0.15) is 23.3 Å². The fraction of sp³-hybridized carbons (Fsp3) is 0.429. The van der Waals surface area contributed by atoms with Crippen molar-refractivity contribution in [3.63, 3.8) is 0 Å². The van der Waals surface area contributed by atoms with E-state index in [-0.39, 0.29) is 5.91 Å². The Morgan fingerprint density at radius 3 is 3.16 bits per heavy atom. The first-order chi connectivity index (χ1) is 9.28. The highest BCUT2D eigenvalue weighted by Crippen LogP contribution is 2.14. The van der Waals surface area contributed by atoms with E-state index in [0.717, 1.165) is 31.6 Å². The van der Waals surface area contributed by atoms with Crippen LogP contribution in [-0.4, -0.2) is 46.4 Å². The van der Waals surface area contributed by atoms with Crippen LogP contribution in [0.5, 0.6) is 0 Å². The summed E-state index contributed by atoms with van der Waals surface area (Å²) in [4.78, 5) is 18.7. The second-order valence-corrected chi connectivity index (χ2v) is 4.97. The van der Waals surface area contributed by atoms with Gasteiger partial charge in [0.2, 0.25) is 0 Å². The Balaban J connectivity index is 1.82. The molecule has 0 radical (unpaired) electrons. The molecular formula is C14H18N4O. The average molecular weight is 258 g/mol. The zero-order valence-corrected chi connectivity index (χ0v) is 11.0. The fourth-order valence-electron chi connectivity index (χ4n) is 2.60. The minimum atomic E-state index is 0.0312. The van der Waals surface area contributed by atoms with Crippen molar-refractivity contribution in [3.8, 4) is 0 Å². The predicted molar refractivity (Wildman–Crippen MR) is 73.2 cm³/mol. The van der Waals surface area contributed by atoms with Gasteiger partial charge in [-0.2, -0.15) is 0 Å². The molecule has 0 spiro atoms. The monoisotopic (exact) mass is 258 g/mol. The predicted octanol–water partition coefficient (Wildman–Crippen LogP) is 1.16. The molecule has 0 aliphatic carbocycles. The molecule has 1 aliphatic rings. The number of rotatable bonds is 2. The molecule has 0 saturated carbocycles. The zero-order valence-electron chi connectivity index (χ0n) is 11.0. The van der Waals surface area contributed by atoms with Crippen molar-refractivity contribution in [2.75, 3.05) is 20.1 Å². The van der Waals surface area contributed by atoms with Gasteiger partial charge in [-0.15, -0.1) is 0 Å². The zero-order chi connectivity index (χ0) is 13.2. The number of carbonyl (C=O) groups excluding carboxylic acids is 1. The molecule has 1 amide bonds. The third kappa shape index (κ3) is 2.33. The van der Waals surface area contributed by atoms with Crippen LogP contribution in [0.4, 0.5) is 0 Å². The number of carbonyl (C=O) groups is 1. The van der Waals surface area contributed by atoms with E-state index in [9.17, 15) is 4.79 Å². The Bertz CT molecular complexity index is 559. The Hall–Kier alpha value is -1.88. The van der Waals surface area contributed by atoms with E-state index in [0.29, 0.717) is 11.7 Å². The molecular weight excluding hydrogens is 240 g/mol. The van der Waals surface area contributed by atoms with Crippen LogP contribution in [-0.2, 0) is 0 Å². The maximum absolute atomic E-state index is 12.5. The number of likely N-dealkylation sites (tertiary alicyclic amines) is 1. The molecule has 2 aromatic heterocycles. The number of nitrogens with one attached hydrogen (secondary N) is 1. The lowest BCUT2D eigenvalue weighted by Gasteiger charge is -2.32. The molecule has 3 heterocycles. The first kappa shape index (κ1) is 12.2. The van der Waals surface area contributed by atoms with Gasteiger partial charge in [-0.05, 0) is 32.0 Å². The summed E-state index contributed by atoms with van der Waals surface area (Å²) < 4.78 is 1.88. The smallest absolute Gasteiger partial charge is 0.274 e. The number of hydrogen-bond acceptors (Lipinski definition) is 3. The van der Waals surface area contributed by atoms with Gasteiger partial charge in [-0.3, -0.25) is 4.79 Å². The van der Waals surface area contributed by atoms with E-state index in [4.69, 9.17) is 0 Å². The summed E-state index contributed by atoms with van der Waals surface area (Å²) in [6, 6.07) is 6.16. The number of aromatic nitrogens is 2. The lowest BCUT2D eigenvalue weighted by molar-refractivity contribution is 0.0693. The van der Waals surface area contributed by atoms with Gasteiger partial charge < -0.3 is 14.6 Å². The third-order valence-electron chi connectivity index (χ3n) is 3.70. The Labute approximate surface area is 112 Å². The van der Waals surface area contributed by atoms with Gasteiger partial charge in [0.15, 0.2) is 0 Å². The number of nitrogens with zero attached hydrogens (tertiary/aromatic N) is 3. The van der Waals surface area contributed by atoms with Crippen molar-refractivity contribution in [1.82, 2.24) is 19.6 Å². The quantitative estimate of drug-likeness (QED) is 0.879. The maximum Gasteiger partial charge on any atom is 0.274 e. The summed E-state index contributed by atoms with van der Waals surface area (Å²) in [6.45, 7) is 1.59. The van der Waals surface area contributed by atoms with Crippen molar-refractivity contribution in [3.05, 3.63) is 36.3 Å². The highest BCUT2D eigenvalue weighted by molar-refractivity contribution is 5.93. The van der Waals surface area contributed by atoms with Crippen molar-refractivity contribution in [2.24, 2.45) is 0 Å². The van der Waals surface area contributed by atoms with Crippen molar-refractivity contribution < 1.29 is 4.79 Å². The van der Waals surface area contributed by atoms with Crippen LogP contribution >= 0.6 is 0 Å². The van der Waals surface area contributed by atoms with Gasteiger partial charge in [-0.25, -0.2) is 4.98 Å². The van der Waals surface area contributed by atoms with E-state index in [1.165, 1.54) is 0 Å². The molecule has 1 atom stereocenters. The van der Waals surface area contributed by atoms with Crippen LogP contribution in [0.25, 0.3) is 5.65 Å². The van der Waals surface area contributed by atoms with Crippen molar-refractivity contribution >= 4 is 11.6 Å². The summed E-state index contributed by atoms with van der Waals surface area (Å²) in [5.74, 6) is 0.0312. The number of pyridine rings is 1. The number of amides is 1. The molecule has 5 nitrogen and oxygen atoms in total. The molecule has 100 valence electrons. The molecule has 2 aromatic rings. The fourth-order valence-corrected chi connectivity index (χ4v) is 2.60. The number of piperidine rings is 1. The minimum absolute atomic E-state index is 0.0312. The second kappa shape index (κ2) is 5.01. The molecule has 1 fully saturated rings. The number of likely N-dealkylation sites (N-methyl/N-ethyl adjacent to an activating group) is 1. The lowest BCUT2D eigenvalue weighted by atomic mass is 10.1. The van der Waals surface area contributed by atoms with Gasteiger partial charge in [-0.1, -0.05) is 6.07 Å². The average Bonchev–Trinajstić information content (AvgIpc) is 2.90. The second-order valence-electron chi connectivity index (χ2n) is 4.97. The third-order valence-corrected chi connectivity index (χ3v) is 3.70. The van der Waals surface area contributed by atoms with Gasteiger partial charge in [0.1, 0.15) is 11.3 Å². The summed E-state index contributed by atoms with van der Waals surface area (Å²) in [7, 11) is 1.95. The molecule has 1 aliphatic heterocycles. The molecule has 1 unspecified atom stereocenters. The van der Waals surface area contributed by atoms with E-state index in [1.807, 2.05) is 40.7 Å². The molecule has 19 heavy (non-hydrogen) atoms. The number of hydrogen-bond donors (Lipinski definition) is 1. The summed E-state index contributed by atoms with van der Waals surface area (Å²) in [6.07, 6.45) is 5.89. The van der Waals surface area contributed by atoms with Crippen molar-refractivity contribution in [2.45, 2.75) is 18.9 Å². The van der Waals surface area contributed by atoms with Crippen molar-refractivity contribution in [1.29, 1.82) is 0 Å². The van der Waals surface area contributed by atoms with E-state index < -0.39 is 0 Å². The van der Waals surface area contributed by atoms with Crippen LogP contribution < -0.4 is 5.32 Å². The first-order valence-electron chi connectivity index (χ1n) is 6.68. The normalized spacial score (nSPS) is 19.8. The molecule has 3 rings (SSSR count). The summed E-state index contributed by atoms with van der Waals surface area (Å²) >= 11 is 0. The summed E-state index contributed by atoms with van der Waals surface area (Å²) in [5, 5.41) is 3.25. The minimum Gasteiger partial charge on any atom is -0.336 e. The standard InChI is InChI=1S/C14H18N4O/c1-15-11-5-4-8-18(9-11)14(19)12-10-17-7-3-2-6-13(17)16-12/h2-3,6-7,10-11,15H,4-5,8-9H2,1H3. The van der Waals surface area contributed by atoms with Gasteiger partial charge in [0.25, 0.3) is 5.91 Å². The highest BCUT2D eigenvalue weighted by atomic mass is 16.2. The topological polar surface area (TPSA) is 49.6 Å². The molecule has 0 aromatic carbocycles. The number of imidazole rings is 1. The van der Waals surface area contributed by atoms with Crippen LogP contribution in [0.3, 0.4) is 0 Å². The SMILES string of the molecule is CNC1CCCN(C(=O)c2cn3ccccc3n2)C1. The Kier molecular flexibility index (Phi) is 3.21. The molecule has 5 heteroatoms. The number of fused-ring (bicyclic) bond motifs is 1. The highest BCUT2D eigenvalue weighted by Gasteiger charge is 2.24. The van der Waals surface area contributed by atoms with Gasteiger partial charge >= 0.3 is 0 Å². The largest absolute Gasteiger partial charge is 0.336 e. The molecule has 1 N–H and O–H groups in total. The Morgan fingerprint density at radius 1 is 1.47 bits per heavy atom.